The Morgan fingerprint density at radius 3 is 2.13 bits per heavy atom. The van der Waals surface area contributed by atoms with Gasteiger partial charge >= 0.3 is 16.3 Å². The second-order valence-corrected chi connectivity index (χ2v) is 6.42. The van der Waals surface area contributed by atoms with Crippen LogP contribution in [0.25, 0.3) is 0 Å². The fourth-order valence-electron chi connectivity index (χ4n) is 0.508. The minimum absolute atomic E-state index is 0.0239. The van der Waals surface area contributed by atoms with Crippen molar-refractivity contribution in [2.75, 3.05) is 19.9 Å². The van der Waals surface area contributed by atoms with E-state index in [0.29, 0.717) is 6.26 Å². The topological polar surface area (TPSA) is 110 Å². The molecule has 0 saturated carbocycles. The molecule has 0 rings (SSSR count). The molecule has 0 aliphatic carbocycles. The van der Waals surface area contributed by atoms with Gasteiger partial charge in [-0.25, -0.2) is 17.9 Å². The van der Waals surface area contributed by atoms with E-state index in [9.17, 15) is 21.6 Å². The molecule has 1 amide bonds. The number of carbonyl (C=O) groups excluding carboxylic acids is 1. The summed E-state index contributed by atoms with van der Waals surface area (Å²) in [6, 6.07) is 0. The molecule has 0 saturated heterocycles. The van der Waals surface area contributed by atoms with E-state index in [0.717, 1.165) is 7.05 Å². The molecular weight excluding hydrogens is 248 g/mol. The van der Waals surface area contributed by atoms with Gasteiger partial charge in [-0.1, -0.05) is 3.71 Å². The minimum Gasteiger partial charge on any atom is -0.449 e. The number of hydrogen-bond donors (Lipinski definition) is 1. The molecule has 0 aromatic carbocycles. The van der Waals surface area contributed by atoms with Gasteiger partial charge in [-0.2, -0.15) is 8.42 Å². The summed E-state index contributed by atoms with van der Waals surface area (Å²) < 4.78 is 49.9. The van der Waals surface area contributed by atoms with Crippen LogP contribution in [0.3, 0.4) is 0 Å². The Bertz CT molecular complexity index is 424. The molecule has 0 heterocycles. The van der Waals surface area contributed by atoms with Crippen molar-refractivity contribution in [2.45, 2.75) is 6.92 Å². The maximum absolute atomic E-state index is 11.2. The van der Waals surface area contributed by atoms with Gasteiger partial charge in [0.25, 0.3) is 0 Å². The Morgan fingerprint density at radius 1 is 1.33 bits per heavy atom. The third-order valence-electron chi connectivity index (χ3n) is 1.29. The summed E-state index contributed by atoms with van der Waals surface area (Å²) in [6.45, 7) is 1.45. The van der Waals surface area contributed by atoms with Crippen LogP contribution in [0.5, 0.6) is 0 Å². The molecule has 0 aliphatic rings. The second kappa shape index (κ2) is 4.77. The highest BCUT2D eigenvalue weighted by atomic mass is 32.3. The highest BCUT2D eigenvalue weighted by Crippen LogP contribution is 2.00. The zero-order valence-electron chi connectivity index (χ0n) is 8.42. The van der Waals surface area contributed by atoms with Crippen LogP contribution in [0.2, 0.25) is 0 Å². The molecule has 0 bridgehead atoms. The molecule has 0 spiro atoms. The van der Waals surface area contributed by atoms with Gasteiger partial charge in [0.2, 0.25) is 10.0 Å². The van der Waals surface area contributed by atoms with Crippen molar-refractivity contribution in [1.82, 2.24) is 8.43 Å². The van der Waals surface area contributed by atoms with Crippen LogP contribution in [0.1, 0.15) is 6.92 Å². The van der Waals surface area contributed by atoms with Crippen molar-refractivity contribution in [3.8, 4) is 0 Å². The first-order valence-corrected chi connectivity index (χ1v) is 7.03. The molecule has 15 heavy (non-hydrogen) atoms. The molecule has 0 unspecified atom stereocenters. The van der Waals surface area contributed by atoms with Crippen LogP contribution < -0.4 is 4.72 Å². The van der Waals surface area contributed by atoms with Crippen molar-refractivity contribution < 1.29 is 26.4 Å². The third kappa shape index (κ3) is 4.44. The minimum atomic E-state index is -4.42. The van der Waals surface area contributed by atoms with Crippen LogP contribution in [-0.4, -0.2) is 46.5 Å². The van der Waals surface area contributed by atoms with Gasteiger partial charge in [0.1, 0.15) is 0 Å². The van der Waals surface area contributed by atoms with Crippen molar-refractivity contribution in [3.63, 3.8) is 0 Å². The Balaban J connectivity index is 4.80. The van der Waals surface area contributed by atoms with Crippen LogP contribution in [-0.2, 0) is 25.0 Å². The van der Waals surface area contributed by atoms with Gasteiger partial charge in [-0.15, -0.1) is 0 Å². The number of carbonyl (C=O) groups is 1. The lowest BCUT2D eigenvalue weighted by Gasteiger charge is -2.14. The average molecular weight is 260 g/mol. The number of sulfonamides is 1. The summed E-state index contributed by atoms with van der Waals surface area (Å²) in [5.74, 6) is 0. The van der Waals surface area contributed by atoms with E-state index in [1.807, 2.05) is 0 Å². The van der Waals surface area contributed by atoms with Gasteiger partial charge in [0.15, 0.2) is 0 Å². The molecule has 0 aliphatic heterocycles. The molecule has 0 fully saturated rings. The molecular formula is C5H12N2O6S2. The fraction of sp³-hybridized carbons (Fsp3) is 0.800. The van der Waals surface area contributed by atoms with Gasteiger partial charge in [-0.3, -0.25) is 0 Å². The standard InChI is InChI=1S/C5H12N2O6S2/c1-4-13-5(8)6-15(11,12)7(2)14(3,9)10/h4H2,1-3H3,(H,6,8). The summed E-state index contributed by atoms with van der Waals surface area (Å²) >= 11 is 0. The number of nitrogens with zero attached hydrogens (tertiary/aromatic N) is 1. The summed E-state index contributed by atoms with van der Waals surface area (Å²) in [7, 11) is -7.56. The van der Waals surface area contributed by atoms with Gasteiger partial charge < -0.3 is 4.74 Å². The maximum atomic E-state index is 11.2. The fourth-order valence-corrected chi connectivity index (χ4v) is 2.44. The molecule has 0 aromatic heterocycles. The smallest absolute Gasteiger partial charge is 0.421 e. The van der Waals surface area contributed by atoms with Crippen LogP contribution in [0.4, 0.5) is 4.79 Å². The van der Waals surface area contributed by atoms with Gasteiger partial charge in [0, 0.05) is 7.05 Å². The Kier molecular flexibility index (Phi) is 4.49. The normalized spacial score (nSPS) is 12.5. The molecule has 10 heteroatoms. The zero-order chi connectivity index (χ0) is 12.3. The predicted molar refractivity (Wildman–Crippen MR) is 51.7 cm³/mol. The summed E-state index contributed by atoms with van der Waals surface area (Å²) in [4.78, 5) is 10.8. The number of nitrogens with one attached hydrogen (secondary N) is 1. The lowest BCUT2D eigenvalue weighted by atomic mass is 10.9. The number of rotatable bonds is 4. The largest absolute Gasteiger partial charge is 0.449 e. The summed E-state index contributed by atoms with van der Waals surface area (Å²) in [5.41, 5.74) is 0. The number of amides is 1. The molecule has 0 aromatic rings. The summed E-state index contributed by atoms with van der Waals surface area (Å²) in [5, 5.41) is 0. The SMILES string of the molecule is CCOC(=O)NS(=O)(=O)N(C)S(C)(=O)=O. The van der Waals surface area contributed by atoms with Gasteiger partial charge in [-0.05, 0) is 6.92 Å². The van der Waals surface area contributed by atoms with E-state index in [1.165, 1.54) is 11.6 Å². The first-order valence-electron chi connectivity index (χ1n) is 3.75. The first-order chi connectivity index (χ1) is 6.61. The van der Waals surface area contributed by atoms with Crippen molar-refractivity contribution in [1.29, 1.82) is 0 Å². The van der Waals surface area contributed by atoms with E-state index >= 15 is 0 Å². The first kappa shape index (κ1) is 14.1. The maximum Gasteiger partial charge on any atom is 0.421 e. The van der Waals surface area contributed by atoms with E-state index in [1.54, 1.807) is 0 Å². The molecule has 0 atom stereocenters. The lowest BCUT2D eigenvalue weighted by Crippen LogP contribution is -2.44. The average Bonchev–Trinajstić information content (AvgIpc) is 2.00. The van der Waals surface area contributed by atoms with Crippen molar-refractivity contribution >= 4 is 26.3 Å². The molecule has 90 valence electrons. The van der Waals surface area contributed by atoms with Crippen LogP contribution in [0, 0.1) is 0 Å². The Hall–Kier alpha value is -0.870. The quantitative estimate of drug-likeness (QED) is 0.684. The zero-order valence-corrected chi connectivity index (χ0v) is 10.1. The lowest BCUT2D eigenvalue weighted by molar-refractivity contribution is 0.158. The van der Waals surface area contributed by atoms with E-state index < -0.39 is 26.3 Å². The number of ether oxygens (including phenoxy) is 1. The molecule has 1 N–H and O–H groups in total. The highest BCUT2D eigenvalue weighted by molar-refractivity contribution is 8.03. The molecule has 0 radical (unpaired) electrons. The third-order valence-corrected chi connectivity index (χ3v) is 4.73. The predicted octanol–water partition coefficient (Wildman–Crippen LogP) is -1.13. The van der Waals surface area contributed by atoms with Crippen molar-refractivity contribution in [3.05, 3.63) is 0 Å². The van der Waals surface area contributed by atoms with Crippen LogP contribution >= 0.6 is 0 Å². The highest BCUT2D eigenvalue weighted by Gasteiger charge is 2.28. The Morgan fingerprint density at radius 2 is 1.80 bits per heavy atom. The van der Waals surface area contributed by atoms with E-state index in [-0.39, 0.29) is 10.3 Å². The van der Waals surface area contributed by atoms with Gasteiger partial charge in [0.05, 0.1) is 12.9 Å². The Labute approximate surface area is 88.4 Å². The van der Waals surface area contributed by atoms with E-state index in [4.69, 9.17) is 0 Å². The van der Waals surface area contributed by atoms with Crippen molar-refractivity contribution in [2.24, 2.45) is 0 Å². The monoisotopic (exact) mass is 260 g/mol. The van der Waals surface area contributed by atoms with Crippen LogP contribution in [0.15, 0.2) is 0 Å². The second-order valence-electron chi connectivity index (χ2n) is 2.47. The molecule has 8 nitrogen and oxygen atoms in total. The van der Waals surface area contributed by atoms with E-state index in [2.05, 4.69) is 4.74 Å². The number of hydrogen-bond acceptors (Lipinski definition) is 6. The summed E-state index contributed by atoms with van der Waals surface area (Å²) in [6.07, 6.45) is -0.537.